The zero-order valence-corrected chi connectivity index (χ0v) is 9.04. The van der Waals surface area contributed by atoms with Crippen LogP contribution in [0.15, 0.2) is 24.5 Å². The minimum absolute atomic E-state index is 0.00706. The average molecular weight is 236 g/mol. The van der Waals surface area contributed by atoms with Crippen LogP contribution in [0.25, 0.3) is 5.69 Å². The van der Waals surface area contributed by atoms with Gasteiger partial charge >= 0.3 is 0 Å². The zero-order chi connectivity index (χ0) is 12.6. The minimum atomic E-state index is -0.807. The van der Waals surface area contributed by atoms with Gasteiger partial charge in [-0.05, 0) is 24.6 Å². The van der Waals surface area contributed by atoms with Crippen LogP contribution in [0.5, 0.6) is 0 Å². The first-order valence-electron chi connectivity index (χ1n) is 4.84. The van der Waals surface area contributed by atoms with Crippen LogP contribution in [0, 0.1) is 24.0 Å². The molecule has 88 valence electrons. The van der Waals surface area contributed by atoms with E-state index in [1.807, 2.05) is 0 Å². The van der Waals surface area contributed by atoms with Crippen molar-refractivity contribution < 1.29 is 8.78 Å². The molecule has 1 heterocycles. The van der Waals surface area contributed by atoms with Gasteiger partial charge in [0.25, 0.3) is 0 Å². The number of nitrogens with zero attached hydrogens (tertiary/aromatic N) is 2. The molecule has 0 saturated carbocycles. The normalized spacial score (nSPS) is 10.5. The van der Waals surface area contributed by atoms with E-state index in [0.717, 1.165) is 22.4 Å². The second-order valence-electron chi connectivity index (χ2n) is 3.66. The lowest BCUT2D eigenvalue weighted by molar-refractivity contribution is 0.559. The van der Waals surface area contributed by atoms with Gasteiger partial charge in [0.2, 0.25) is 0 Å². The van der Waals surface area contributed by atoms with Gasteiger partial charge in [0.1, 0.15) is 11.5 Å². The number of aromatic nitrogens is 2. The molecular weight excluding hydrogens is 226 g/mol. The van der Waals surface area contributed by atoms with E-state index >= 15 is 0 Å². The van der Waals surface area contributed by atoms with Crippen LogP contribution in [0.1, 0.15) is 11.1 Å². The first-order valence-corrected chi connectivity index (χ1v) is 4.84. The van der Waals surface area contributed by atoms with Crippen molar-refractivity contribution in [3.05, 3.63) is 47.3 Å². The van der Waals surface area contributed by atoms with E-state index in [2.05, 4.69) is 5.10 Å². The van der Waals surface area contributed by atoms with Gasteiger partial charge in [-0.15, -0.1) is 0 Å². The molecule has 0 atom stereocenters. The van der Waals surface area contributed by atoms with Gasteiger partial charge in [0, 0.05) is 11.8 Å². The van der Waals surface area contributed by atoms with Crippen LogP contribution < -0.4 is 5.73 Å². The summed E-state index contributed by atoms with van der Waals surface area (Å²) in [5.41, 5.74) is 5.70. The van der Waals surface area contributed by atoms with E-state index in [9.17, 15) is 8.78 Å². The third kappa shape index (κ3) is 2.01. The summed E-state index contributed by atoms with van der Waals surface area (Å²) < 4.78 is 28.5. The maximum absolute atomic E-state index is 13.7. The van der Waals surface area contributed by atoms with Crippen LogP contribution >= 0.6 is 0 Å². The van der Waals surface area contributed by atoms with E-state index < -0.39 is 11.6 Å². The molecule has 2 rings (SSSR count). The van der Waals surface area contributed by atoms with Gasteiger partial charge < -0.3 is 5.73 Å². The van der Waals surface area contributed by atoms with Crippen molar-refractivity contribution in [2.75, 3.05) is 0 Å². The fourth-order valence-electron chi connectivity index (χ4n) is 1.47. The Morgan fingerprint density at radius 3 is 2.35 bits per heavy atom. The molecule has 17 heavy (non-hydrogen) atoms. The Hall–Kier alpha value is -2.24. The van der Waals surface area contributed by atoms with Crippen LogP contribution in [0.3, 0.4) is 0 Å². The molecule has 6 heteroatoms. The standard InChI is InChI=1S/C11H10F2N4/c1-6-4-16-17(5-6)10-8(12)2-7(11(14)15)3-9(10)13/h2-5H,1H3,(H3,14,15). The molecule has 0 spiro atoms. The summed E-state index contributed by atoms with van der Waals surface area (Å²) >= 11 is 0. The fraction of sp³-hybridized carbons (Fsp3) is 0.0909. The number of nitrogens with two attached hydrogens (primary N) is 1. The molecule has 0 aliphatic rings. The van der Waals surface area contributed by atoms with Crippen LogP contribution in [0.4, 0.5) is 8.78 Å². The molecule has 3 N–H and O–H groups in total. The summed E-state index contributed by atoms with van der Waals surface area (Å²) in [5.74, 6) is -2.00. The second kappa shape index (κ2) is 3.97. The summed E-state index contributed by atoms with van der Waals surface area (Å²) in [7, 11) is 0. The Balaban J connectivity index is 2.60. The Morgan fingerprint density at radius 2 is 1.94 bits per heavy atom. The minimum Gasteiger partial charge on any atom is -0.384 e. The molecule has 0 fully saturated rings. The third-order valence-electron chi connectivity index (χ3n) is 2.27. The Kier molecular flexibility index (Phi) is 2.63. The number of nitrogen functional groups attached to an aromatic ring is 1. The van der Waals surface area contributed by atoms with Gasteiger partial charge in [-0.1, -0.05) is 0 Å². The Bertz CT molecular complexity index is 566. The summed E-state index contributed by atoms with van der Waals surface area (Å²) in [5, 5.41) is 11.0. The van der Waals surface area contributed by atoms with E-state index in [1.165, 1.54) is 12.4 Å². The molecule has 0 bridgehead atoms. The number of hydrogen-bond acceptors (Lipinski definition) is 2. The van der Waals surface area contributed by atoms with Gasteiger partial charge in [-0.2, -0.15) is 5.10 Å². The van der Waals surface area contributed by atoms with Gasteiger partial charge in [-0.25, -0.2) is 13.5 Å². The van der Waals surface area contributed by atoms with Crippen molar-refractivity contribution in [1.82, 2.24) is 9.78 Å². The maximum Gasteiger partial charge on any atom is 0.152 e. The van der Waals surface area contributed by atoms with Crippen LogP contribution in [0.2, 0.25) is 0 Å². The van der Waals surface area contributed by atoms with E-state index in [0.29, 0.717) is 0 Å². The number of aryl methyl sites for hydroxylation is 1. The third-order valence-corrected chi connectivity index (χ3v) is 2.27. The molecular formula is C11H10F2N4. The quantitative estimate of drug-likeness (QED) is 0.616. The molecule has 0 amide bonds. The van der Waals surface area contributed by atoms with E-state index in [1.54, 1.807) is 6.92 Å². The lowest BCUT2D eigenvalue weighted by atomic mass is 10.1. The predicted molar refractivity (Wildman–Crippen MR) is 59.2 cm³/mol. The summed E-state index contributed by atoms with van der Waals surface area (Å²) in [6.07, 6.45) is 3.01. The highest BCUT2D eigenvalue weighted by atomic mass is 19.1. The molecule has 2 aromatic rings. The predicted octanol–water partition coefficient (Wildman–Crippen LogP) is 1.74. The molecule has 0 aliphatic heterocycles. The van der Waals surface area contributed by atoms with E-state index in [4.69, 9.17) is 11.1 Å². The number of amidine groups is 1. The second-order valence-corrected chi connectivity index (χ2v) is 3.66. The maximum atomic E-state index is 13.7. The number of nitrogens with one attached hydrogen (secondary N) is 1. The number of halogens is 2. The van der Waals surface area contributed by atoms with Gasteiger partial charge in [0.05, 0.1) is 6.20 Å². The van der Waals surface area contributed by atoms with Crippen molar-refractivity contribution in [3.8, 4) is 5.69 Å². The molecule has 1 aromatic heterocycles. The SMILES string of the molecule is Cc1cnn(-c2c(F)cc(C(=N)N)cc2F)c1. The monoisotopic (exact) mass is 236 g/mol. The fourth-order valence-corrected chi connectivity index (χ4v) is 1.47. The lowest BCUT2D eigenvalue weighted by Gasteiger charge is -2.07. The molecule has 0 unspecified atom stereocenters. The Morgan fingerprint density at radius 1 is 1.35 bits per heavy atom. The summed E-state index contributed by atoms with van der Waals surface area (Å²) in [6.45, 7) is 1.77. The zero-order valence-electron chi connectivity index (χ0n) is 9.04. The highest BCUT2D eigenvalue weighted by Crippen LogP contribution is 2.19. The lowest BCUT2D eigenvalue weighted by Crippen LogP contribution is -2.13. The smallest absolute Gasteiger partial charge is 0.152 e. The highest BCUT2D eigenvalue weighted by Gasteiger charge is 2.14. The molecule has 0 saturated heterocycles. The molecule has 4 nitrogen and oxygen atoms in total. The topological polar surface area (TPSA) is 67.7 Å². The van der Waals surface area contributed by atoms with Crippen LogP contribution in [-0.2, 0) is 0 Å². The van der Waals surface area contributed by atoms with Gasteiger partial charge in [-0.3, -0.25) is 5.41 Å². The number of rotatable bonds is 2. The number of hydrogen-bond donors (Lipinski definition) is 2. The first kappa shape index (κ1) is 11.3. The van der Waals surface area contributed by atoms with Crippen molar-refractivity contribution in [1.29, 1.82) is 5.41 Å². The van der Waals surface area contributed by atoms with Gasteiger partial charge in [0.15, 0.2) is 11.6 Å². The van der Waals surface area contributed by atoms with Crippen molar-refractivity contribution in [2.45, 2.75) is 6.92 Å². The summed E-state index contributed by atoms with van der Waals surface area (Å²) in [6, 6.07) is 2.02. The largest absolute Gasteiger partial charge is 0.384 e. The highest BCUT2D eigenvalue weighted by molar-refractivity contribution is 5.95. The molecule has 1 aromatic carbocycles. The summed E-state index contributed by atoms with van der Waals surface area (Å²) in [4.78, 5) is 0. The van der Waals surface area contributed by atoms with Crippen molar-refractivity contribution in [2.24, 2.45) is 5.73 Å². The Labute approximate surface area is 96.2 Å². The average Bonchev–Trinajstić information content (AvgIpc) is 2.63. The molecule has 0 aliphatic carbocycles. The number of benzene rings is 1. The molecule has 0 radical (unpaired) electrons. The van der Waals surface area contributed by atoms with Crippen LogP contribution in [-0.4, -0.2) is 15.6 Å². The van der Waals surface area contributed by atoms with Crippen molar-refractivity contribution >= 4 is 5.84 Å². The van der Waals surface area contributed by atoms with Crippen molar-refractivity contribution in [3.63, 3.8) is 0 Å². The van der Waals surface area contributed by atoms with E-state index in [-0.39, 0.29) is 17.1 Å². The first-order chi connectivity index (χ1) is 7.99.